The first-order chi connectivity index (χ1) is 2.00. The van der Waals surface area contributed by atoms with Crippen LogP contribution in [-0.2, 0) is 27.2 Å². The van der Waals surface area contributed by atoms with Crippen molar-refractivity contribution in [1.29, 1.82) is 0 Å². The van der Waals surface area contributed by atoms with Gasteiger partial charge in [-0.15, -0.1) is 0 Å². The molecule has 0 saturated heterocycles. The van der Waals surface area contributed by atoms with Gasteiger partial charge in [0.1, 0.15) is 0 Å². The largest absolute Gasteiger partial charge is 3.00 e. The molecule has 0 heterocycles. The SMILES string of the molecule is O=S(=O)([O-])[O-].[Co+3].[OH-]. The average Bonchev–Trinajstić information content (AvgIpc) is 0.722. The van der Waals surface area contributed by atoms with Crippen LogP contribution in [0.25, 0.3) is 0 Å². The van der Waals surface area contributed by atoms with Crippen molar-refractivity contribution in [3.63, 3.8) is 0 Å². The van der Waals surface area contributed by atoms with Gasteiger partial charge in [0, 0.05) is 10.4 Å². The summed E-state index contributed by atoms with van der Waals surface area (Å²) in [5.41, 5.74) is 0. The van der Waals surface area contributed by atoms with Gasteiger partial charge in [-0.2, -0.15) is 0 Å². The third kappa shape index (κ3) is 1050. The summed E-state index contributed by atoms with van der Waals surface area (Å²) in [6.07, 6.45) is 0. The van der Waals surface area contributed by atoms with Crippen molar-refractivity contribution in [2.75, 3.05) is 0 Å². The standard InChI is InChI=1S/Co.H2O4S.H2O/c;1-5(2,3)4;/h;(H2,1,2,3,4);1H2/q+3;;/p-3. The van der Waals surface area contributed by atoms with Gasteiger partial charge in [-0.1, -0.05) is 0 Å². The molecule has 0 rings (SSSR count). The Kier molecular flexibility index (Phi) is 10.1. The number of hydrogen-bond donors (Lipinski definition) is 0. The summed E-state index contributed by atoms with van der Waals surface area (Å²) < 4.78 is 34.1. The Hall–Kier alpha value is 0.336. The van der Waals surface area contributed by atoms with Gasteiger partial charge >= 0.3 is 16.8 Å². The fourth-order valence-electron chi connectivity index (χ4n) is 0. The summed E-state index contributed by atoms with van der Waals surface area (Å²) in [7, 11) is -5.17. The molecule has 0 aliphatic carbocycles. The van der Waals surface area contributed by atoms with Crippen LogP contribution in [0.5, 0.6) is 0 Å². The molecule has 0 atom stereocenters. The Morgan fingerprint density at radius 1 is 1.14 bits per heavy atom. The van der Waals surface area contributed by atoms with Crippen LogP contribution < -0.4 is 0 Å². The van der Waals surface area contributed by atoms with E-state index in [4.69, 9.17) is 17.5 Å². The summed E-state index contributed by atoms with van der Waals surface area (Å²) >= 11 is 0. The third-order valence-corrected chi connectivity index (χ3v) is 0. The molecular weight excluding hydrogens is 171 g/mol. The maximum absolute atomic E-state index is 8.52. The molecule has 0 aromatic heterocycles. The van der Waals surface area contributed by atoms with E-state index < -0.39 is 10.4 Å². The van der Waals surface area contributed by atoms with E-state index in [0.717, 1.165) is 0 Å². The molecule has 0 radical (unpaired) electrons. The second-order valence-electron chi connectivity index (χ2n) is 0.408. The quantitative estimate of drug-likeness (QED) is 0.325. The Balaban J connectivity index is -0.0000000800. The molecule has 0 fully saturated rings. The van der Waals surface area contributed by atoms with E-state index in [0.29, 0.717) is 0 Å². The van der Waals surface area contributed by atoms with Crippen molar-refractivity contribution in [3.8, 4) is 0 Å². The van der Waals surface area contributed by atoms with Crippen molar-refractivity contribution >= 4 is 10.4 Å². The number of rotatable bonds is 0. The van der Waals surface area contributed by atoms with Crippen LogP contribution in [0.15, 0.2) is 0 Å². The van der Waals surface area contributed by atoms with E-state index in [9.17, 15) is 0 Å². The summed E-state index contributed by atoms with van der Waals surface area (Å²) in [4.78, 5) is 0. The first kappa shape index (κ1) is 15.7. The van der Waals surface area contributed by atoms with Gasteiger partial charge in [0.05, 0.1) is 0 Å². The molecule has 0 aliphatic heterocycles. The van der Waals surface area contributed by atoms with E-state index in [1.54, 1.807) is 0 Å². The zero-order chi connectivity index (χ0) is 4.50. The Morgan fingerprint density at radius 2 is 1.14 bits per heavy atom. The zero-order valence-electron chi connectivity index (χ0n) is 2.82. The van der Waals surface area contributed by atoms with E-state index in [-0.39, 0.29) is 22.3 Å². The van der Waals surface area contributed by atoms with Gasteiger partial charge in [-0.05, 0) is 0 Å². The molecule has 0 aromatic rings. The van der Waals surface area contributed by atoms with Crippen molar-refractivity contribution in [3.05, 3.63) is 0 Å². The molecule has 0 spiro atoms. The summed E-state index contributed by atoms with van der Waals surface area (Å²) in [5.74, 6) is 0. The van der Waals surface area contributed by atoms with Crippen LogP contribution in [0.2, 0.25) is 0 Å². The topological polar surface area (TPSA) is 110 Å². The van der Waals surface area contributed by atoms with Gasteiger partial charge in [-0.3, -0.25) is 8.42 Å². The summed E-state index contributed by atoms with van der Waals surface area (Å²) in [5, 5.41) is 0. The smallest absolute Gasteiger partial charge is 0.870 e. The zero-order valence-corrected chi connectivity index (χ0v) is 4.68. The van der Waals surface area contributed by atoms with Crippen LogP contribution in [0.3, 0.4) is 0 Å². The van der Waals surface area contributed by atoms with Crippen LogP contribution in [0, 0.1) is 0 Å². The molecule has 0 unspecified atom stereocenters. The molecule has 0 aromatic carbocycles. The summed E-state index contributed by atoms with van der Waals surface area (Å²) in [6.45, 7) is 0. The third-order valence-electron chi connectivity index (χ3n) is 0. The first-order valence-corrected chi connectivity index (χ1v) is 2.00. The van der Waals surface area contributed by atoms with Crippen LogP contribution in [0.4, 0.5) is 0 Å². The Morgan fingerprint density at radius 3 is 1.14 bits per heavy atom. The predicted octanol–water partition coefficient (Wildman–Crippen LogP) is -1.52. The summed E-state index contributed by atoms with van der Waals surface area (Å²) in [6, 6.07) is 0. The average molecular weight is 172 g/mol. The normalized spacial score (nSPS) is 8.29. The minimum absolute atomic E-state index is 0. The second kappa shape index (κ2) is 4.49. The molecule has 5 nitrogen and oxygen atoms in total. The Labute approximate surface area is 50.8 Å². The Bertz CT molecular complexity index is 91.2. The predicted molar refractivity (Wildman–Crippen MR) is 12.4 cm³/mol. The minimum atomic E-state index is -5.17. The van der Waals surface area contributed by atoms with Gasteiger partial charge in [0.25, 0.3) is 0 Å². The van der Waals surface area contributed by atoms with E-state index in [2.05, 4.69) is 0 Å². The monoisotopic (exact) mass is 172 g/mol. The fourth-order valence-corrected chi connectivity index (χ4v) is 0. The van der Waals surface area contributed by atoms with E-state index >= 15 is 0 Å². The van der Waals surface area contributed by atoms with Gasteiger partial charge in [0.2, 0.25) is 0 Å². The molecule has 46 valence electrons. The number of hydrogen-bond acceptors (Lipinski definition) is 5. The molecule has 0 saturated carbocycles. The van der Waals surface area contributed by atoms with Crippen molar-refractivity contribution in [2.24, 2.45) is 0 Å². The van der Waals surface area contributed by atoms with E-state index in [1.807, 2.05) is 0 Å². The van der Waals surface area contributed by atoms with Crippen molar-refractivity contribution in [2.45, 2.75) is 0 Å². The fraction of sp³-hybridized carbons (Fsp3) is 0. The maximum Gasteiger partial charge on any atom is 3.00 e. The van der Waals surface area contributed by atoms with E-state index in [1.165, 1.54) is 0 Å². The minimum Gasteiger partial charge on any atom is -0.870 e. The van der Waals surface area contributed by atoms with Crippen molar-refractivity contribution < 1.29 is 39.8 Å². The van der Waals surface area contributed by atoms with Crippen LogP contribution >= 0.6 is 0 Å². The maximum atomic E-state index is 8.52. The van der Waals surface area contributed by atoms with Crippen LogP contribution in [-0.4, -0.2) is 23.0 Å². The second-order valence-corrected chi connectivity index (χ2v) is 1.22. The molecule has 7 heavy (non-hydrogen) atoms. The first-order valence-electron chi connectivity index (χ1n) is 0.667. The van der Waals surface area contributed by atoms with Crippen molar-refractivity contribution in [1.82, 2.24) is 0 Å². The van der Waals surface area contributed by atoms with Crippen LogP contribution in [0.1, 0.15) is 0 Å². The molecule has 1 N–H and O–H groups in total. The van der Waals surface area contributed by atoms with Gasteiger partial charge < -0.3 is 14.6 Å². The molecule has 0 bridgehead atoms. The molecule has 7 heteroatoms. The molecular formula is HCoO5S. The molecule has 0 aliphatic rings. The molecule has 0 amide bonds. The van der Waals surface area contributed by atoms with Gasteiger partial charge in [0.15, 0.2) is 0 Å². The van der Waals surface area contributed by atoms with Gasteiger partial charge in [-0.25, -0.2) is 0 Å².